The number of benzene rings is 1. The van der Waals surface area contributed by atoms with E-state index in [1.54, 1.807) is 16.2 Å². The van der Waals surface area contributed by atoms with Crippen molar-refractivity contribution in [1.82, 2.24) is 9.13 Å². The Morgan fingerprint density at radius 2 is 1.85 bits per heavy atom. The highest BCUT2D eigenvalue weighted by Gasteiger charge is 2.03. The minimum atomic E-state index is -0.0198. The highest BCUT2D eigenvalue weighted by Crippen LogP contribution is 2.12. The summed E-state index contributed by atoms with van der Waals surface area (Å²) in [5, 5.41) is 1.62. The normalized spacial score (nSPS) is 11.9. The lowest BCUT2D eigenvalue weighted by atomic mass is 10.2. The van der Waals surface area contributed by atoms with Gasteiger partial charge in [-0.15, -0.1) is 0 Å². The van der Waals surface area contributed by atoms with E-state index in [0.717, 1.165) is 21.9 Å². The fourth-order valence-corrected chi connectivity index (χ4v) is 2.26. The molecule has 0 unspecified atom stereocenters. The summed E-state index contributed by atoms with van der Waals surface area (Å²) >= 11 is 0. The largest absolute Gasteiger partial charge is 0.378 e. The van der Waals surface area contributed by atoms with E-state index in [2.05, 4.69) is 23.6 Å². The van der Waals surface area contributed by atoms with E-state index in [4.69, 9.17) is 0 Å². The Morgan fingerprint density at radius 1 is 1.25 bits per heavy atom. The van der Waals surface area contributed by atoms with Gasteiger partial charge in [-0.25, -0.2) is 4.79 Å². The number of aromatic nitrogens is 2. The standard InChI is InChI=1S/C16H21N3O/c1-6-19-12(2)15(18(5)16(19)20)11-13-7-9-14(10-8-13)17(3)4/h7-11H,2,6H2,1,3-5H3/b15-11+. The van der Waals surface area contributed by atoms with Gasteiger partial charge >= 0.3 is 5.69 Å². The quantitative estimate of drug-likeness (QED) is 0.814. The molecule has 0 saturated heterocycles. The average molecular weight is 271 g/mol. The number of rotatable bonds is 3. The van der Waals surface area contributed by atoms with Crippen molar-refractivity contribution in [3.8, 4) is 0 Å². The lowest BCUT2D eigenvalue weighted by Gasteiger charge is -2.11. The van der Waals surface area contributed by atoms with Crippen molar-refractivity contribution in [1.29, 1.82) is 0 Å². The van der Waals surface area contributed by atoms with Crippen molar-refractivity contribution in [2.24, 2.45) is 7.05 Å². The lowest BCUT2D eigenvalue weighted by molar-refractivity contribution is 0.682. The van der Waals surface area contributed by atoms with Gasteiger partial charge in [0.2, 0.25) is 0 Å². The lowest BCUT2D eigenvalue weighted by Crippen LogP contribution is -2.31. The summed E-state index contributed by atoms with van der Waals surface area (Å²) in [6.07, 6.45) is 2.00. The van der Waals surface area contributed by atoms with Gasteiger partial charge in [-0.05, 0) is 30.7 Å². The molecule has 0 aliphatic carbocycles. The molecule has 106 valence electrons. The van der Waals surface area contributed by atoms with Crippen molar-refractivity contribution in [3.05, 3.63) is 51.0 Å². The molecule has 1 heterocycles. The third kappa shape index (κ3) is 2.41. The molecule has 0 bridgehead atoms. The Hall–Kier alpha value is -2.23. The van der Waals surface area contributed by atoms with Gasteiger partial charge in [0.15, 0.2) is 0 Å². The molecular weight excluding hydrogens is 250 g/mol. The van der Waals surface area contributed by atoms with E-state index in [1.807, 2.05) is 39.2 Å². The van der Waals surface area contributed by atoms with Crippen LogP contribution in [0.3, 0.4) is 0 Å². The Labute approximate surface area is 118 Å². The summed E-state index contributed by atoms with van der Waals surface area (Å²) in [5.41, 5.74) is 2.19. The predicted octanol–water partition coefficient (Wildman–Crippen LogP) is 0.512. The third-order valence-electron chi connectivity index (χ3n) is 3.53. The molecule has 1 aromatic carbocycles. The van der Waals surface area contributed by atoms with Crippen LogP contribution in [-0.4, -0.2) is 23.2 Å². The maximum absolute atomic E-state index is 12.0. The number of hydrogen-bond acceptors (Lipinski definition) is 2. The fourth-order valence-electron chi connectivity index (χ4n) is 2.26. The zero-order valence-corrected chi connectivity index (χ0v) is 12.6. The van der Waals surface area contributed by atoms with E-state index in [9.17, 15) is 4.79 Å². The van der Waals surface area contributed by atoms with Gasteiger partial charge in [-0.2, -0.15) is 0 Å². The summed E-state index contributed by atoms with van der Waals surface area (Å²) in [4.78, 5) is 14.1. The van der Waals surface area contributed by atoms with Crippen LogP contribution in [0.15, 0.2) is 29.1 Å². The molecule has 0 aliphatic heterocycles. The first-order chi connectivity index (χ1) is 9.45. The Bertz CT molecular complexity index is 764. The minimum absolute atomic E-state index is 0.0198. The summed E-state index contributed by atoms with van der Waals surface area (Å²) < 4.78 is 3.33. The molecule has 2 rings (SSSR count). The van der Waals surface area contributed by atoms with Crippen LogP contribution in [0.4, 0.5) is 5.69 Å². The van der Waals surface area contributed by atoms with Crippen LogP contribution < -0.4 is 21.3 Å². The summed E-state index contributed by atoms with van der Waals surface area (Å²) in [6.45, 7) is 6.61. The first-order valence-corrected chi connectivity index (χ1v) is 6.69. The van der Waals surface area contributed by atoms with Crippen LogP contribution in [-0.2, 0) is 13.6 Å². The van der Waals surface area contributed by atoms with Gasteiger partial charge in [-0.1, -0.05) is 18.7 Å². The van der Waals surface area contributed by atoms with Crippen molar-refractivity contribution in [3.63, 3.8) is 0 Å². The third-order valence-corrected chi connectivity index (χ3v) is 3.53. The van der Waals surface area contributed by atoms with Gasteiger partial charge in [-0.3, -0.25) is 9.13 Å². The number of anilines is 1. The molecule has 20 heavy (non-hydrogen) atoms. The molecule has 0 fully saturated rings. The number of nitrogens with zero attached hydrogens (tertiary/aromatic N) is 3. The Morgan fingerprint density at radius 3 is 2.30 bits per heavy atom. The molecule has 1 aromatic heterocycles. The van der Waals surface area contributed by atoms with Crippen molar-refractivity contribution >= 4 is 18.3 Å². The molecule has 0 radical (unpaired) electrons. The molecule has 0 spiro atoms. The molecular formula is C16H21N3O. The average Bonchev–Trinajstić information content (AvgIpc) is 2.63. The number of hydrogen-bond donors (Lipinski definition) is 0. The van der Waals surface area contributed by atoms with Gasteiger partial charge in [0.25, 0.3) is 0 Å². The first kappa shape index (κ1) is 14.2. The SMILES string of the molecule is C=c1/c(=C\c2ccc(N(C)C)cc2)n(C)c(=O)n1CC. The van der Waals surface area contributed by atoms with Crippen LogP contribution in [0.1, 0.15) is 12.5 Å². The second kappa shape index (κ2) is 5.41. The van der Waals surface area contributed by atoms with Crippen molar-refractivity contribution < 1.29 is 0 Å². The van der Waals surface area contributed by atoms with Crippen LogP contribution in [0.25, 0.3) is 12.7 Å². The predicted molar refractivity (Wildman–Crippen MR) is 84.5 cm³/mol. The van der Waals surface area contributed by atoms with E-state index >= 15 is 0 Å². The zero-order valence-electron chi connectivity index (χ0n) is 12.6. The number of imidazole rings is 1. The zero-order chi connectivity index (χ0) is 14.9. The smallest absolute Gasteiger partial charge is 0.328 e. The van der Waals surface area contributed by atoms with Crippen molar-refractivity contribution in [2.75, 3.05) is 19.0 Å². The molecule has 0 atom stereocenters. The van der Waals surface area contributed by atoms with Crippen LogP contribution in [0.2, 0.25) is 0 Å². The molecule has 0 N–H and O–H groups in total. The Balaban J connectivity index is 2.57. The molecule has 0 amide bonds. The second-order valence-corrected chi connectivity index (χ2v) is 5.05. The van der Waals surface area contributed by atoms with E-state index in [-0.39, 0.29) is 5.69 Å². The molecule has 2 aromatic rings. The molecule has 4 heteroatoms. The Kier molecular flexibility index (Phi) is 3.84. The van der Waals surface area contributed by atoms with Crippen LogP contribution >= 0.6 is 0 Å². The maximum Gasteiger partial charge on any atom is 0.328 e. The maximum atomic E-state index is 12.0. The topological polar surface area (TPSA) is 30.2 Å². The van der Waals surface area contributed by atoms with Gasteiger partial charge in [0.05, 0.1) is 10.7 Å². The monoisotopic (exact) mass is 271 g/mol. The second-order valence-electron chi connectivity index (χ2n) is 5.05. The van der Waals surface area contributed by atoms with Crippen LogP contribution in [0, 0.1) is 0 Å². The van der Waals surface area contributed by atoms with Gasteiger partial charge in [0, 0.05) is 33.4 Å². The fraction of sp³-hybridized carbons (Fsp3) is 0.312. The first-order valence-electron chi connectivity index (χ1n) is 6.69. The van der Waals surface area contributed by atoms with Gasteiger partial charge < -0.3 is 4.90 Å². The summed E-state index contributed by atoms with van der Waals surface area (Å²) in [6, 6.07) is 8.21. The van der Waals surface area contributed by atoms with E-state index in [1.165, 1.54) is 0 Å². The summed E-state index contributed by atoms with van der Waals surface area (Å²) in [7, 11) is 5.80. The van der Waals surface area contributed by atoms with Crippen LogP contribution in [0.5, 0.6) is 0 Å². The molecule has 4 nitrogen and oxygen atoms in total. The molecule has 0 saturated carbocycles. The van der Waals surface area contributed by atoms with Crippen molar-refractivity contribution in [2.45, 2.75) is 13.5 Å². The van der Waals surface area contributed by atoms with Gasteiger partial charge in [0.1, 0.15) is 0 Å². The highest BCUT2D eigenvalue weighted by atomic mass is 16.1. The van der Waals surface area contributed by atoms with E-state index < -0.39 is 0 Å². The molecule has 0 aliphatic rings. The summed E-state index contributed by atoms with van der Waals surface area (Å²) in [5.74, 6) is 0. The minimum Gasteiger partial charge on any atom is -0.378 e. The highest BCUT2D eigenvalue weighted by molar-refractivity contribution is 5.55. The van der Waals surface area contributed by atoms with E-state index in [0.29, 0.717) is 6.54 Å².